The van der Waals surface area contributed by atoms with Gasteiger partial charge in [-0.15, -0.1) is 0 Å². The summed E-state index contributed by atoms with van der Waals surface area (Å²) in [6, 6.07) is 27.0. The second-order valence-electron chi connectivity index (χ2n) is 17.0. The number of carbonyl (C=O) groups is 1. The van der Waals surface area contributed by atoms with Crippen LogP contribution in [0, 0.1) is 11.8 Å². The quantitative estimate of drug-likeness (QED) is 0.0878. The third kappa shape index (κ3) is 8.20. The molecule has 4 aromatic carbocycles. The first-order valence-corrected chi connectivity index (χ1v) is 21.5. The molecule has 4 bridgehead atoms. The molecule has 1 unspecified atom stereocenters. The molecule has 4 aliphatic rings. The van der Waals surface area contributed by atoms with Crippen LogP contribution in [0.3, 0.4) is 0 Å². The third-order valence-corrected chi connectivity index (χ3v) is 12.8. The first-order chi connectivity index (χ1) is 29.7. The lowest BCUT2D eigenvalue weighted by molar-refractivity contribution is 0.0836. The highest BCUT2D eigenvalue weighted by atomic mass is 16.5. The minimum Gasteiger partial charge on any atom is -0.508 e. The molecule has 61 heavy (non-hydrogen) atoms. The highest BCUT2D eigenvalue weighted by molar-refractivity contribution is 6.05. The van der Waals surface area contributed by atoms with Crippen LogP contribution in [-0.2, 0) is 11.8 Å². The second kappa shape index (κ2) is 17.1. The van der Waals surface area contributed by atoms with Gasteiger partial charge in [0.1, 0.15) is 29.0 Å². The summed E-state index contributed by atoms with van der Waals surface area (Å²) < 4.78 is 19.0. The van der Waals surface area contributed by atoms with Crippen molar-refractivity contribution in [2.45, 2.75) is 81.5 Å². The van der Waals surface area contributed by atoms with E-state index in [0.717, 1.165) is 48.4 Å². The van der Waals surface area contributed by atoms with Gasteiger partial charge >= 0.3 is 0 Å². The van der Waals surface area contributed by atoms with E-state index in [-0.39, 0.29) is 71.0 Å². The molecule has 5 N–H and O–H groups in total. The lowest BCUT2D eigenvalue weighted by Crippen LogP contribution is -2.50. The van der Waals surface area contributed by atoms with Crippen LogP contribution in [0.5, 0.6) is 28.7 Å². The van der Waals surface area contributed by atoms with E-state index in [1.807, 2.05) is 36.4 Å². The lowest BCUT2D eigenvalue weighted by atomic mass is 9.84. The molecule has 5 aromatic rings. The van der Waals surface area contributed by atoms with E-state index in [1.54, 1.807) is 30.3 Å². The van der Waals surface area contributed by atoms with Crippen LogP contribution in [0.2, 0.25) is 0 Å². The van der Waals surface area contributed by atoms with Gasteiger partial charge in [-0.05, 0) is 59.7 Å². The van der Waals surface area contributed by atoms with Crippen molar-refractivity contribution in [1.29, 1.82) is 0 Å². The number of aromatic hydroxyl groups is 2. The summed E-state index contributed by atoms with van der Waals surface area (Å²) in [5.74, 6) is 7.49. The fourth-order valence-corrected chi connectivity index (χ4v) is 9.45. The predicted octanol–water partition coefficient (Wildman–Crippen LogP) is 8.60. The Morgan fingerprint density at radius 2 is 1.79 bits per heavy atom. The number of fused-ring (bicyclic) bond motifs is 8. The number of anilines is 1. The van der Waals surface area contributed by atoms with Gasteiger partial charge in [0.25, 0.3) is 0 Å². The van der Waals surface area contributed by atoms with Gasteiger partial charge in [0.05, 0.1) is 43.8 Å². The Balaban J connectivity index is 1.13. The lowest BCUT2D eigenvalue weighted by Gasteiger charge is -2.34. The maximum Gasteiger partial charge on any atom is 0.204 e. The SMILES string of the molecule is COc1c(O)c([C@@H]2C#C[C@H]3CN(CCN3)c3[nH]c(C4(C)CCCC4)cc3-c3cccc(c3)C2)c2c(c1OCC[C@@H](O)/C=C/c1ccccc1)C(=O)CC(c1ccc(O)cc1)O2. The smallest absolute Gasteiger partial charge is 0.204 e. The van der Waals surface area contributed by atoms with Gasteiger partial charge in [-0.3, -0.25) is 4.79 Å². The van der Waals surface area contributed by atoms with Crippen LogP contribution in [0.1, 0.15) is 95.8 Å². The topological polar surface area (TPSA) is 137 Å². The number of ketones is 1. The van der Waals surface area contributed by atoms with Gasteiger partial charge in [0.2, 0.25) is 5.75 Å². The molecule has 0 amide bonds. The summed E-state index contributed by atoms with van der Waals surface area (Å²) in [5.41, 5.74) is 6.85. The zero-order chi connectivity index (χ0) is 42.1. The van der Waals surface area contributed by atoms with Crippen LogP contribution in [0.25, 0.3) is 17.2 Å². The molecule has 4 heterocycles. The summed E-state index contributed by atoms with van der Waals surface area (Å²) in [4.78, 5) is 20.8. The van der Waals surface area contributed by atoms with E-state index in [9.17, 15) is 20.1 Å². The number of rotatable bonds is 10. The van der Waals surface area contributed by atoms with E-state index in [2.05, 4.69) is 64.3 Å². The summed E-state index contributed by atoms with van der Waals surface area (Å²) in [6.45, 7) is 4.64. The normalized spacial score (nSPS) is 20.9. The molecule has 10 nitrogen and oxygen atoms in total. The van der Waals surface area contributed by atoms with Gasteiger partial charge in [-0.2, -0.15) is 0 Å². The Hall–Kier alpha value is -6.15. The number of Topliss-reactive ketones (excluding diaryl/α,β-unsaturated/α-hetero) is 1. The minimum atomic E-state index is -0.827. The number of H-pyrrole nitrogens is 1. The molecule has 1 saturated heterocycles. The molecule has 4 atom stereocenters. The Labute approximate surface area is 357 Å². The van der Waals surface area contributed by atoms with Gasteiger partial charge in [-0.25, -0.2) is 0 Å². The van der Waals surface area contributed by atoms with Gasteiger partial charge in [0.15, 0.2) is 17.3 Å². The number of benzene rings is 4. The summed E-state index contributed by atoms with van der Waals surface area (Å²) >= 11 is 0. The maximum atomic E-state index is 14.5. The number of hydrogen-bond donors (Lipinski definition) is 5. The number of aromatic amines is 1. The number of phenols is 2. The molecule has 1 aliphatic carbocycles. The molecule has 9 rings (SSSR count). The molecule has 10 heteroatoms. The van der Waals surface area contributed by atoms with Crippen molar-refractivity contribution in [3.05, 3.63) is 125 Å². The molecule has 3 aliphatic heterocycles. The fourth-order valence-electron chi connectivity index (χ4n) is 9.45. The highest BCUT2D eigenvalue weighted by Gasteiger charge is 2.40. The number of methoxy groups -OCH3 is 1. The van der Waals surface area contributed by atoms with E-state index in [4.69, 9.17) is 14.2 Å². The van der Waals surface area contributed by atoms with Crippen LogP contribution in [-0.4, -0.2) is 71.6 Å². The van der Waals surface area contributed by atoms with E-state index >= 15 is 0 Å². The van der Waals surface area contributed by atoms with Crippen LogP contribution in [0.15, 0.2) is 91.0 Å². The number of piperazine rings is 1. The zero-order valence-corrected chi connectivity index (χ0v) is 34.7. The van der Waals surface area contributed by atoms with Crippen LogP contribution in [0.4, 0.5) is 5.82 Å². The molecule has 314 valence electrons. The van der Waals surface area contributed by atoms with Gasteiger partial charge in [-0.1, -0.05) is 110 Å². The zero-order valence-electron chi connectivity index (χ0n) is 34.7. The number of hydrogen-bond acceptors (Lipinski definition) is 9. The standard InChI is InChI=1S/C51H53N3O7/c1-51(22-6-7-23-51)43-29-40-35-12-8-11-33(27-35)28-36(14-17-37-31-54(25-24-52-37)50(40)53-43)44-46(58)49(59-2)48(60-26-21-39(56)18-13-32-9-4-3-5-10-32)45-41(57)30-42(61-47(44)45)34-15-19-38(55)20-16-34/h3-5,8-13,15-16,18-20,27,29,36-37,39,42,52-53,55-56,58H,6-7,21-26,28,30-31H2,1-2H3/b18-13+/t36-,37+,39+,42?/m1/s1. The third-order valence-electron chi connectivity index (χ3n) is 12.8. The van der Waals surface area contributed by atoms with Gasteiger partial charge < -0.3 is 44.7 Å². The number of nitrogens with one attached hydrogen (secondary N) is 2. The van der Waals surface area contributed by atoms with Crippen molar-refractivity contribution < 1.29 is 34.3 Å². The van der Waals surface area contributed by atoms with Gasteiger partial charge in [0, 0.05) is 42.7 Å². The van der Waals surface area contributed by atoms with E-state index in [1.165, 1.54) is 31.2 Å². The largest absolute Gasteiger partial charge is 0.508 e. The molecule has 2 fully saturated rings. The number of phenolic OH excluding ortho intramolecular Hbond substituents is 2. The van der Waals surface area contributed by atoms with E-state index < -0.39 is 18.1 Å². The number of aliphatic hydroxyl groups excluding tert-OH is 1. The van der Waals surface area contributed by atoms with Crippen molar-refractivity contribution in [2.75, 3.05) is 38.3 Å². The van der Waals surface area contributed by atoms with Crippen molar-refractivity contribution >= 4 is 17.7 Å². The number of aliphatic hydroxyl groups is 1. The fraction of sp³-hybridized carbons (Fsp3) is 0.353. The Kier molecular flexibility index (Phi) is 11.3. The first-order valence-electron chi connectivity index (χ1n) is 21.5. The molecule has 0 radical (unpaired) electrons. The molecule has 0 spiro atoms. The summed E-state index contributed by atoms with van der Waals surface area (Å²) in [6.07, 6.45) is 7.43. The first kappa shape index (κ1) is 40.3. The number of carbonyl (C=O) groups excluding carboxylic acids is 1. The maximum absolute atomic E-state index is 14.5. The van der Waals surface area contributed by atoms with Crippen molar-refractivity contribution in [1.82, 2.24) is 10.3 Å². The average molecular weight is 820 g/mol. The number of nitrogens with zero attached hydrogens (tertiary/aromatic N) is 1. The van der Waals surface area contributed by atoms with Crippen molar-refractivity contribution in [3.8, 4) is 51.7 Å². The van der Waals surface area contributed by atoms with Crippen LogP contribution >= 0.6 is 0 Å². The monoisotopic (exact) mass is 819 g/mol. The van der Waals surface area contributed by atoms with Crippen molar-refractivity contribution in [2.24, 2.45) is 0 Å². The predicted molar refractivity (Wildman–Crippen MR) is 237 cm³/mol. The van der Waals surface area contributed by atoms with E-state index in [0.29, 0.717) is 24.1 Å². The Morgan fingerprint density at radius 1 is 0.984 bits per heavy atom. The molecule has 1 aromatic heterocycles. The Morgan fingerprint density at radius 3 is 2.57 bits per heavy atom. The molecule has 1 saturated carbocycles. The summed E-state index contributed by atoms with van der Waals surface area (Å²) in [5, 5.41) is 36.9. The minimum absolute atomic E-state index is 0.00973. The number of aromatic nitrogens is 1. The average Bonchev–Trinajstić information content (AvgIpc) is 3.93. The second-order valence-corrected chi connectivity index (χ2v) is 17.0. The molecular formula is C51H53N3O7. The molecular weight excluding hydrogens is 767 g/mol. The highest BCUT2D eigenvalue weighted by Crippen LogP contribution is 2.55. The van der Waals surface area contributed by atoms with Crippen molar-refractivity contribution in [3.63, 3.8) is 0 Å². The summed E-state index contributed by atoms with van der Waals surface area (Å²) in [7, 11) is 1.44. The Bertz CT molecular complexity index is 2490. The van der Waals surface area contributed by atoms with Crippen LogP contribution < -0.4 is 24.4 Å². The number of ether oxygens (including phenoxy) is 3.